The normalized spacial score (nSPS) is 10.1. The number of nitrogens with two attached hydrogens (primary N) is 1. The summed E-state index contributed by atoms with van der Waals surface area (Å²) in [5.41, 5.74) is 5.72. The lowest BCUT2D eigenvalue weighted by molar-refractivity contribution is -0.136. The third kappa shape index (κ3) is 2.31. The van der Waals surface area contributed by atoms with Crippen LogP contribution in [0.3, 0.4) is 0 Å². The second-order valence-electron chi connectivity index (χ2n) is 2.33. The molecule has 0 aromatic carbocycles. The van der Waals surface area contributed by atoms with Gasteiger partial charge in [0.1, 0.15) is 0 Å². The Morgan fingerprint density at radius 2 is 2.50 bits per heavy atom. The third-order valence-corrected chi connectivity index (χ3v) is 1.28. The van der Waals surface area contributed by atoms with Crippen molar-refractivity contribution < 1.29 is 9.90 Å². The zero-order valence-corrected chi connectivity index (χ0v) is 6.47. The van der Waals surface area contributed by atoms with E-state index in [1.54, 1.807) is 6.20 Å². The standard InChI is InChI=1S/C6H10N4O2/c7-1-2-10-4-5(8-9-10)3-6(11)12/h4H,1-3,7H2,(H,11,12). The Kier molecular flexibility index (Phi) is 2.76. The molecule has 0 fully saturated rings. The zero-order chi connectivity index (χ0) is 8.97. The molecule has 6 nitrogen and oxygen atoms in total. The van der Waals surface area contributed by atoms with Gasteiger partial charge in [-0.2, -0.15) is 0 Å². The van der Waals surface area contributed by atoms with E-state index in [2.05, 4.69) is 10.3 Å². The number of nitrogens with zero attached hydrogens (tertiary/aromatic N) is 3. The Morgan fingerprint density at radius 1 is 1.75 bits per heavy atom. The van der Waals surface area contributed by atoms with Gasteiger partial charge in [-0.25, -0.2) is 0 Å². The van der Waals surface area contributed by atoms with E-state index in [-0.39, 0.29) is 6.42 Å². The number of carbonyl (C=O) groups is 1. The van der Waals surface area contributed by atoms with Gasteiger partial charge in [0.05, 0.1) is 18.7 Å². The molecule has 66 valence electrons. The molecule has 1 rings (SSSR count). The number of aromatic nitrogens is 3. The predicted octanol–water partition coefficient (Wildman–Crippen LogP) is -1.14. The van der Waals surface area contributed by atoms with E-state index < -0.39 is 5.97 Å². The molecule has 0 spiro atoms. The highest BCUT2D eigenvalue weighted by Crippen LogP contribution is 1.93. The molecule has 0 unspecified atom stereocenters. The van der Waals surface area contributed by atoms with Crippen LogP contribution < -0.4 is 5.73 Å². The Hall–Kier alpha value is -1.43. The average Bonchev–Trinajstić information content (AvgIpc) is 2.36. The SMILES string of the molecule is NCCn1cc(CC(=O)O)nn1. The first-order valence-electron chi connectivity index (χ1n) is 3.53. The van der Waals surface area contributed by atoms with Crippen LogP contribution in [0.15, 0.2) is 6.20 Å². The van der Waals surface area contributed by atoms with Gasteiger partial charge in [-0.05, 0) is 0 Å². The fourth-order valence-corrected chi connectivity index (χ4v) is 0.816. The maximum atomic E-state index is 10.2. The van der Waals surface area contributed by atoms with Gasteiger partial charge < -0.3 is 10.8 Å². The van der Waals surface area contributed by atoms with E-state index in [0.717, 1.165) is 0 Å². The summed E-state index contributed by atoms with van der Waals surface area (Å²) < 4.78 is 1.53. The largest absolute Gasteiger partial charge is 0.481 e. The summed E-state index contributed by atoms with van der Waals surface area (Å²) in [6.07, 6.45) is 1.49. The van der Waals surface area contributed by atoms with Crippen molar-refractivity contribution in [1.29, 1.82) is 0 Å². The molecule has 0 aliphatic carbocycles. The second kappa shape index (κ2) is 3.82. The number of hydrogen-bond donors (Lipinski definition) is 2. The van der Waals surface area contributed by atoms with Crippen LogP contribution in [0, 0.1) is 0 Å². The monoisotopic (exact) mass is 170 g/mol. The van der Waals surface area contributed by atoms with Gasteiger partial charge in [0.25, 0.3) is 0 Å². The molecule has 0 aliphatic heterocycles. The quantitative estimate of drug-likeness (QED) is 0.596. The lowest BCUT2D eigenvalue weighted by Crippen LogP contribution is -2.10. The van der Waals surface area contributed by atoms with Crippen LogP contribution in [0.4, 0.5) is 0 Å². The first kappa shape index (κ1) is 8.66. The minimum atomic E-state index is -0.908. The molecule has 0 atom stereocenters. The van der Waals surface area contributed by atoms with Crippen molar-refractivity contribution in [1.82, 2.24) is 15.0 Å². The van der Waals surface area contributed by atoms with Gasteiger partial charge in [-0.1, -0.05) is 5.21 Å². The first-order chi connectivity index (χ1) is 5.72. The van der Waals surface area contributed by atoms with E-state index in [1.807, 2.05) is 0 Å². The van der Waals surface area contributed by atoms with Gasteiger partial charge in [0.2, 0.25) is 0 Å². The molecule has 0 saturated heterocycles. The summed E-state index contributed by atoms with van der Waals surface area (Å²) >= 11 is 0. The van der Waals surface area contributed by atoms with Crippen LogP contribution in [0.25, 0.3) is 0 Å². The molecule has 6 heteroatoms. The molecule has 0 saturated carbocycles. The highest BCUT2D eigenvalue weighted by molar-refractivity contribution is 5.69. The van der Waals surface area contributed by atoms with Gasteiger partial charge in [0, 0.05) is 12.7 Å². The van der Waals surface area contributed by atoms with Gasteiger partial charge in [0.15, 0.2) is 0 Å². The molecule has 1 heterocycles. The Labute approximate surface area is 69.0 Å². The molecule has 0 amide bonds. The molecule has 0 bridgehead atoms. The number of carboxylic acids is 1. The van der Waals surface area contributed by atoms with E-state index in [9.17, 15) is 4.79 Å². The van der Waals surface area contributed by atoms with Crippen LogP contribution in [-0.4, -0.2) is 32.6 Å². The molecule has 12 heavy (non-hydrogen) atoms. The summed E-state index contributed by atoms with van der Waals surface area (Å²) in [5.74, 6) is -0.908. The molecule has 0 aliphatic rings. The van der Waals surface area contributed by atoms with Gasteiger partial charge in [-0.3, -0.25) is 9.48 Å². The van der Waals surface area contributed by atoms with Crippen molar-refractivity contribution >= 4 is 5.97 Å². The number of carboxylic acid groups (broad SMARTS) is 1. The van der Waals surface area contributed by atoms with Crippen LogP contribution in [0.2, 0.25) is 0 Å². The summed E-state index contributed by atoms with van der Waals surface area (Å²) in [6, 6.07) is 0. The Morgan fingerprint density at radius 3 is 3.08 bits per heavy atom. The highest BCUT2D eigenvalue weighted by Gasteiger charge is 2.04. The van der Waals surface area contributed by atoms with Crippen LogP contribution in [-0.2, 0) is 17.8 Å². The van der Waals surface area contributed by atoms with Gasteiger partial charge >= 0.3 is 5.97 Å². The maximum absolute atomic E-state index is 10.2. The van der Waals surface area contributed by atoms with Gasteiger partial charge in [-0.15, -0.1) is 5.10 Å². The second-order valence-corrected chi connectivity index (χ2v) is 2.33. The van der Waals surface area contributed by atoms with Crippen molar-refractivity contribution in [3.63, 3.8) is 0 Å². The summed E-state index contributed by atoms with van der Waals surface area (Å²) in [6.45, 7) is 1.03. The summed E-state index contributed by atoms with van der Waals surface area (Å²) in [7, 11) is 0. The van der Waals surface area contributed by atoms with E-state index >= 15 is 0 Å². The van der Waals surface area contributed by atoms with Crippen LogP contribution in [0.5, 0.6) is 0 Å². The smallest absolute Gasteiger partial charge is 0.309 e. The lowest BCUT2D eigenvalue weighted by Gasteiger charge is -1.92. The van der Waals surface area contributed by atoms with E-state index in [0.29, 0.717) is 18.8 Å². The molecule has 0 radical (unpaired) electrons. The number of rotatable bonds is 4. The van der Waals surface area contributed by atoms with Crippen LogP contribution >= 0.6 is 0 Å². The van der Waals surface area contributed by atoms with Crippen molar-refractivity contribution in [2.24, 2.45) is 5.73 Å². The fraction of sp³-hybridized carbons (Fsp3) is 0.500. The number of hydrogen-bond acceptors (Lipinski definition) is 4. The summed E-state index contributed by atoms with van der Waals surface area (Å²) in [5, 5.41) is 15.7. The summed E-state index contributed by atoms with van der Waals surface area (Å²) in [4.78, 5) is 10.2. The molecular formula is C6H10N4O2. The van der Waals surface area contributed by atoms with E-state index in [4.69, 9.17) is 10.8 Å². The Bertz CT molecular complexity index is 270. The minimum Gasteiger partial charge on any atom is -0.481 e. The Balaban J connectivity index is 2.58. The number of aliphatic carboxylic acids is 1. The van der Waals surface area contributed by atoms with Crippen molar-refractivity contribution in [3.05, 3.63) is 11.9 Å². The van der Waals surface area contributed by atoms with E-state index in [1.165, 1.54) is 4.68 Å². The molecular weight excluding hydrogens is 160 g/mol. The minimum absolute atomic E-state index is 0.0927. The van der Waals surface area contributed by atoms with Crippen LogP contribution in [0.1, 0.15) is 5.69 Å². The van der Waals surface area contributed by atoms with Crippen molar-refractivity contribution in [3.8, 4) is 0 Å². The first-order valence-corrected chi connectivity index (χ1v) is 3.53. The molecule has 1 aromatic rings. The fourth-order valence-electron chi connectivity index (χ4n) is 0.816. The lowest BCUT2D eigenvalue weighted by atomic mass is 10.3. The molecule has 3 N–H and O–H groups in total. The highest BCUT2D eigenvalue weighted by atomic mass is 16.4. The van der Waals surface area contributed by atoms with Crippen molar-refractivity contribution in [2.75, 3.05) is 6.54 Å². The average molecular weight is 170 g/mol. The third-order valence-electron chi connectivity index (χ3n) is 1.28. The molecule has 1 aromatic heterocycles. The van der Waals surface area contributed by atoms with Crippen molar-refractivity contribution in [2.45, 2.75) is 13.0 Å². The maximum Gasteiger partial charge on any atom is 0.309 e. The zero-order valence-electron chi connectivity index (χ0n) is 6.47. The predicted molar refractivity (Wildman–Crippen MR) is 40.4 cm³/mol. The topological polar surface area (TPSA) is 94.0 Å².